The van der Waals surface area contributed by atoms with E-state index in [2.05, 4.69) is 48.2 Å². The van der Waals surface area contributed by atoms with Gasteiger partial charge in [-0.15, -0.1) is 0 Å². The molecule has 1 aliphatic heterocycles. The number of piperidine rings is 1. The summed E-state index contributed by atoms with van der Waals surface area (Å²) >= 11 is 0. The third kappa shape index (κ3) is 5.27. The third-order valence-electron chi connectivity index (χ3n) is 6.59. The number of aryl methyl sites for hydroxylation is 1. The number of carbonyl (C=O) groups is 1. The summed E-state index contributed by atoms with van der Waals surface area (Å²) in [5, 5.41) is 0. The van der Waals surface area contributed by atoms with E-state index in [9.17, 15) is 4.79 Å². The van der Waals surface area contributed by atoms with Crippen molar-refractivity contribution in [3.63, 3.8) is 0 Å². The molecule has 0 bridgehead atoms. The normalized spacial score (nSPS) is 22.4. The maximum Gasteiger partial charge on any atom is 0.227 e. The van der Waals surface area contributed by atoms with Crippen LogP contribution in [0, 0.1) is 11.8 Å². The molecule has 0 spiro atoms. The SMILES string of the molecule is CCc1ccc(C2CC(C(=O)N(C)Cc3ccccc3)CN(CC3CC3)C2)cc1. The van der Waals surface area contributed by atoms with Gasteiger partial charge in [0.25, 0.3) is 0 Å². The van der Waals surface area contributed by atoms with E-state index < -0.39 is 0 Å². The van der Waals surface area contributed by atoms with Gasteiger partial charge in [0.2, 0.25) is 5.91 Å². The number of hydrogen-bond acceptors (Lipinski definition) is 2. The minimum Gasteiger partial charge on any atom is -0.341 e. The van der Waals surface area contributed by atoms with Gasteiger partial charge in [-0.05, 0) is 54.2 Å². The Morgan fingerprint density at radius 2 is 1.72 bits per heavy atom. The van der Waals surface area contributed by atoms with Gasteiger partial charge in [0.1, 0.15) is 0 Å². The van der Waals surface area contributed by atoms with E-state index in [0.717, 1.165) is 38.4 Å². The van der Waals surface area contributed by atoms with Gasteiger partial charge in [-0.2, -0.15) is 0 Å². The second-order valence-electron chi connectivity index (χ2n) is 9.07. The van der Waals surface area contributed by atoms with Crippen molar-refractivity contribution in [1.82, 2.24) is 9.80 Å². The van der Waals surface area contributed by atoms with Crippen molar-refractivity contribution in [3.8, 4) is 0 Å². The lowest BCUT2D eigenvalue weighted by atomic mass is 9.83. The fourth-order valence-electron chi connectivity index (χ4n) is 4.70. The maximum atomic E-state index is 13.3. The first-order valence-corrected chi connectivity index (χ1v) is 11.2. The van der Waals surface area contributed by atoms with E-state index in [-0.39, 0.29) is 5.92 Å². The Labute approximate surface area is 175 Å². The number of amides is 1. The van der Waals surface area contributed by atoms with Gasteiger partial charge in [-0.3, -0.25) is 4.79 Å². The molecule has 0 radical (unpaired) electrons. The first-order valence-electron chi connectivity index (χ1n) is 11.2. The molecule has 2 fully saturated rings. The Hall–Kier alpha value is -2.13. The van der Waals surface area contributed by atoms with Crippen LogP contribution >= 0.6 is 0 Å². The summed E-state index contributed by atoms with van der Waals surface area (Å²) in [5.74, 6) is 1.69. The highest BCUT2D eigenvalue weighted by Gasteiger charge is 2.36. The third-order valence-corrected chi connectivity index (χ3v) is 6.59. The number of likely N-dealkylation sites (tertiary alicyclic amines) is 1. The zero-order valence-electron chi connectivity index (χ0n) is 17.9. The fraction of sp³-hybridized carbons (Fsp3) is 0.500. The minimum atomic E-state index is 0.0899. The van der Waals surface area contributed by atoms with Crippen LogP contribution in [0.2, 0.25) is 0 Å². The molecular formula is C26H34N2O. The van der Waals surface area contributed by atoms with Gasteiger partial charge in [0, 0.05) is 33.2 Å². The molecule has 4 rings (SSSR count). The molecule has 1 saturated heterocycles. The molecule has 1 amide bonds. The molecular weight excluding hydrogens is 356 g/mol. The van der Waals surface area contributed by atoms with Crippen molar-refractivity contribution in [3.05, 3.63) is 71.3 Å². The highest BCUT2D eigenvalue weighted by molar-refractivity contribution is 5.79. The average Bonchev–Trinajstić information content (AvgIpc) is 3.57. The van der Waals surface area contributed by atoms with Gasteiger partial charge in [-0.1, -0.05) is 61.5 Å². The van der Waals surface area contributed by atoms with Crippen LogP contribution < -0.4 is 0 Å². The molecule has 2 aromatic rings. The zero-order valence-corrected chi connectivity index (χ0v) is 17.9. The summed E-state index contributed by atoms with van der Waals surface area (Å²) < 4.78 is 0. The Bertz CT molecular complexity index is 797. The van der Waals surface area contributed by atoms with Crippen LogP contribution in [0.1, 0.15) is 48.8 Å². The number of nitrogens with zero attached hydrogens (tertiary/aromatic N) is 2. The monoisotopic (exact) mass is 390 g/mol. The molecule has 2 unspecified atom stereocenters. The highest BCUT2D eigenvalue weighted by Crippen LogP contribution is 2.35. The summed E-state index contributed by atoms with van der Waals surface area (Å²) in [5.41, 5.74) is 3.97. The molecule has 154 valence electrons. The molecule has 0 N–H and O–H groups in total. The fourth-order valence-corrected chi connectivity index (χ4v) is 4.70. The summed E-state index contributed by atoms with van der Waals surface area (Å²) in [6.07, 6.45) is 4.76. The van der Waals surface area contributed by atoms with E-state index in [1.165, 1.54) is 29.5 Å². The van der Waals surface area contributed by atoms with Crippen LogP contribution in [-0.2, 0) is 17.8 Å². The van der Waals surface area contributed by atoms with Crippen LogP contribution in [0.15, 0.2) is 54.6 Å². The molecule has 2 aliphatic rings. The molecule has 0 aromatic heterocycles. The minimum absolute atomic E-state index is 0.0899. The predicted molar refractivity (Wildman–Crippen MR) is 119 cm³/mol. The van der Waals surface area contributed by atoms with Gasteiger partial charge in [-0.25, -0.2) is 0 Å². The zero-order chi connectivity index (χ0) is 20.2. The molecule has 3 heteroatoms. The van der Waals surface area contributed by atoms with Crippen molar-refractivity contribution >= 4 is 5.91 Å². The molecule has 2 aromatic carbocycles. The van der Waals surface area contributed by atoms with E-state index in [4.69, 9.17) is 0 Å². The number of hydrogen-bond donors (Lipinski definition) is 0. The molecule has 29 heavy (non-hydrogen) atoms. The predicted octanol–water partition coefficient (Wildman–Crippen LogP) is 4.72. The van der Waals surface area contributed by atoms with Crippen molar-refractivity contribution in [2.45, 2.75) is 45.1 Å². The summed E-state index contributed by atoms with van der Waals surface area (Å²) in [7, 11) is 1.96. The van der Waals surface area contributed by atoms with Crippen molar-refractivity contribution in [2.75, 3.05) is 26.7 Å². The van der Waals surface area contributed by atoms with Crippen LogP contribution in [0.5, 0.6) is 0 Å². The van der Waals surface area contributed by atoms with Crippen molar-refractivity contribution in [1.29, 1.82) is 0 Å². The quantitative estimate of drug-likeness (QED) is 0.683. The summed E-state index contributed by atoms with van der Waals surface area (Å²) in [4.78, 5) is 17.8. The summed E-state index contributed by atoms with van der Waals surface area (Å²) in [6, 6.07) is 19.4. The van der Waals surface area contributed by atoms with Gasteiger partial charge >= 0.3 is 0 Å². The highest BCUT2D eigenvalue weighted by atomic mass is 16.2. The smallest absolute Gasteiger partial charge is 0.227 e. The van der Waals surface area contributed by atoms with Gasteiger partial charge < -0.3 is 9.80 Å². The van der Waals surface area contributed by atoms with E-state index >= 15 is 0 Å². The lowest BCUT2D eigenvalue weighted by Gasteiger charge is -2.39. The van der Waals surface area contributed by atoms with E-state index in [1.54, 1.807) is 0 Å². The topological polar surface area (TPSA) is 23.6 Å². The molecule has 1 saturated carbocycles. The molecule has 1 heterocycles. The van der Waals surface area contributed by atoms with E-state index in [1.807, 2.05) is 30.1 Å². The Morgan fingerprint density at radius 1 is 1.00 bits per heavy atom. The lowest BCUT2D eigenvalue weighted by Crippen LogP contribution is -2.46. The standard InChI is InChI=1S/C26H34N2O/c1-3-20-11-13-23(14-12-20)24-15-25(19-28(18-24)17-22-9-10-22)26(29)27(2)16-21-7-5-4-6-8-21/h4-8,11-14,22,24-25H,3,9-10,15-19H2,1-2H3. The van der Waals surface area contributed by atoms with Crippen LogP contribution in [0.4, 0.5) is 0 Å². The summed E-state index contributed by atoms with van der Waals surface area (Å²) in [6.45, 7) is 6.06. The van der Waals surface area contributed by atoms with Crippen LogP contribution in [-0.4, -0.2) is 42.4 Å². The molecule has 3 nitrogen and oxygen atoms in total. The van der Waals surface area contributed by atoms with Crippen LogP contribution in [0.25, 0.3) is 0 Å². The van der Waals surface area contributed by atoms with Gasteiger partial charge in [0.15, 0.2) is 0 Å². The first kappa shape index (κ1) is 20.2. The number of benzene rings is 2. The Morgan fingerprint density at radius 3 is 2.38 bits per heavy atom. The lowest BCUT2D eigenvalue weighted by molar-refractivity contribution is -0.136. The van der Waals surface area contributed by atoms with Crippen molar-refractivity contribution in [2.24, 2.45) is 11.8 Å². The van der Waals surface area contributed by atoms with E-state index in [0.29, 0.717) is 18.4 Å². The largest absolute Gasteiger partial charge is 0.341 e. The molecule has 1 aliphatic carbocycles. The average molecular weight is 391 g/mol. The molecule has 2 atom stereocenters. The maximum absolute atomic E-state index is 13.3. The number of rotatable bonds is 7. The van der Waals surface area contributed by atoms with Crippen molar-refractivity contribution < 1.29 is 4.79 Å². The second-order valence-corrected chi connectivity index (χ2v) is 9.07. The first-order chi connectivity index (χ1) is 14.1. The Balaban J connectivity index is 1.47. The van der Waals surface area contributed by atoms with Crippen LogP contribution in [0.3, 0.4) is 0 Å². The Kier molecular flexibility index (Phi) is 6.34. The second kappa shape index (κ2) is 9.13. The number of carbonyl (C=O) groups excluding carboxylic acids is 1. The van der Waals surface area contributed by atoms with Gasteiger partial charge in [0.05, 0.1) is 5.92 Å².